The van der Waals surface area contributed by atoms with Crippen LogP contribution in [-0.2, 0) is 9.59 Å². The number of nitrogens with one attached hydrogen (secondary N) is 3. The number of anilines is 3. The molecule has 1 aromatic heterocycles. The van der Waals surface area contributed by atoms with Gasteiger partial charge >= 0.3 is 5.63 Å². The molecule has 4 fully saturated rings. The van der Waals surface area contributed by atoms with Crippen LogP contribution in [0.15, 0.2) is 100 Å². The van der Waals surface area contributed by atoms with Gasteiger partial charge in [0.05, 0.1) is 5.39 Å². The first-order valence-corrected chi connectivity index (χ1v) is 19.5. The zero-order valence-electron chi connectivity index (χ0n) is 30.3. The van der Waals surface area contributed by atoms with Crippen LogP contribution in [0.1, 0.15) is 70.8 Å². The molecule has 274 valence electrons. The van der Waals surface area contributed by atoms with Crippen molar-refractivity contribution in [1.82, 2.24) is 0 Å². The summed E-state index contributed by atoms with van der Waals surface area (Å²) in [5.41, 5.74) is 2.07. The second-order valence-corrected chi connectivity index (χ2v) is 14.8. The first kappa shape index (κ1) is 36.3. The summed E-state index contributed by atoms with van der Waals surface area (Å²) >= 11 is 5.21. The molecule has 4 N–H and O–H groups in total. The van der Waals surface area contributed by atoms with Gasteiger partial charge in [-0.3, -0.25) is 9.59 Å². The van der Waals surface area contributed by atoms with Gasteiger partial charge in [-0.2, -0.15) is 0 Å². The summed E-state index contributed by atoms with van der Waals surface area (Å²) in [5, 5.41) is 22.1. The number of carbonyl (C=O) groups excluding carboxylic acids is 2. The highest BCUT2D eigenvalue weighted by molar-refractivity contribution is 7.81. The predicted octanol–water partition coefficient (Wildman–Crippen LogP) is 9.90. The lowest BCUT2D eigenvalue weighted by molar-refractivity contribution is -0.118. The highest BCUT2D eigenvalue weighted by Gasteiger charge is 2.55. The van der Waals surface area contributed by atoms with E-state index in [1.54, 1.807) is 24.3 Å². The Morgan fingerprint density at radius 2 is 1.08 bits per heavy atom. The molecule has 4 atom stereocenters. The Hall–Kier alpha value is -5.02. The molecule has 1 heterocycles. The van der Waals surface area contributed by atoms with Crippen LogP contribution in [0.3, 0.4) is 0 Å². The molecule has 4 aliphatic carbocycles. The normalized spacial score (nSPS) is 23.4. The molecule has 2 amide bonds. The van der Waals surface area contributed by atoms with Crippen LogP contribution in [0, 0.1) is 35.5 Å². The number of benzene rings is 4. The van der Waals surface area contributed by atoms with E-state index in [-0.39, 0.29) is 40.0 Å². The maximum absolute atomic E-state index is 12.9. The number of rotatable bonds is 6. The van der Waals surface area contributed by atoms with Crippen LogP contribution in [0.25, 0.3) is 21.7 Å². The van der Waals surface area contributed by atoms with Crippen LogP contribution in [0.4, 0.5) is 17.1 Å². The molecule has 0 saturated heterocycles. The Morgan fingerprint density at radius 1 is 0.623 bits per heavy atom. The van der Waals surface area contributed by atoms with Crippen LogP contribution >= 0.6 is 12.2 Å². The first-order chi connectivity index (χ1) is 25.9. The van der Waals surface area contributed by atoms with Gasteiger partial charge in [0.25, 0.3) is 0 Å². The van der Waals surface area contributed by atoms with Crippen molar-refractivity contribution in [2.75, 3.05) is 16.0 Å². The maximum atomic E-state index is 12.9. The fourth-order valence-corrected chi connectivity index (χ4v) is 9.07. The number of aromatic hydroxyl groups is 1. The van der Waals surface area contributed by atoms with Crippen LogP contribution in [0.2, 0.25) is 0 Å². The second-order valence-electron chi connectivity index (χ2n) is 14.4. The van der Waals surface area contributed by atoms with E-state index in [0.29, 0.717) is 34.6 Å². The molecule has 9 rings (SSSR count). The third kappa shape index (κ3) is 7.58. The summed E-state index contributed by atoms with van der Waals surface area (Å²) < 4.78 is 5.19. The summed E-state index contributed by atoms with van der Waals surface area (Å²) in [5.74, 6) is 2.99. The summed E-state index contributed by atoms with van der Waals surface area (Å²) in [6.07, 6.45) is 9.90. The molecule has 53 heavy (non-hydrogen) atoms. The monoisotopic (exact) mass is 729 g/mol. The number of thiocarbonyl (C=S) groups is 1. The molecule has 4 saturated carbocycles. The van der Waals surface area contributed by atoms with Gasteiger partial charge in [0.2, 0.25) is 11.8 Å². The van der Waals surface area contributed by atoms with Crippen molar-refractivity contribution < 1.29 is 19.1 Å². The standard InChI is InChI=1S/C26H30N2O2.C16H11NO3S.C2H6/c29-25(23-17-7-1-2-8-18(17)23)27-21-13-5-12-16-15(21)11-6-14-22(16)28-26(30)24-19-9-3-4-10-20(19)24;18-14-11-8-4-5-9-12(11)20-16(19)13(14)15(21)17-10-6-2-1-3-7-10;1-2/h5-6,11-14,17-20,23-24H,1-4,7-10H2,(H,27,29)(H,28,30);1-9,18H,(H,17,21);1-2H3. The highest BCUT2D eigenvalue weighted by Crippen LogP contribution is 2.56. The number of hydrogen-bond donors (Lipinski definition) is 4. The Kier molecular flexibility index (Phi) is 10.9. The van der Waals surface area contributed by atoms with Crippen molar-refractivity contribution in [3.8, 4) is 5.75 Å². The summed E-state index contributed by atoms with van der Waals surface area (Å²) in [4.78, 5) is 38.0. The molecule has 0 spiro atoms. The molecule has 0 aliphatic heterocycles. The van der Waals surface area contributed by atoms with Gasteiger partial charge in [-0.15, -0.1) is 0 Å². The molecule has 9 heteroatoms. The number of carbonyl (C=O) groups is 2. The predicted molar refractivity (Wildman–Crippen MR) is 216 cm³/mol. The quantitative estimate of drug-likeness (QED) is 0.101. The first-order valence-electron chi connectivity index (χ1n) is 19.1. The summed E-state index contributed by atoms with van der Waals surface area (Å²) in [7, 11) is 0. The number of amides is 2. The van der Waals surface area contributed by atoms with Crippen molar-refractivity contribution in [3.63, 3.8) is 0 Å². The van der Waals surface area contributed by atoms with E-state index in [1.165, 1.54) is 51.4 Å². The largest absolute Gasteiger partial charge is 0.506 e. The Balaban J connectivity index is 0.000000167. The second kappa shape index (κ2) is 15.9. The Labute approximate surface area is 315 Å². The third-order valence-electron chi connectivity index (χ3n) is 11.4. The third-order valence-corrected chi connectivity index (χ3v) is 11.7. The molecule has 5 aromatic rings. The highest BCUT2D eigenvalue weighted by atomic mass is 32.1. The van der Waals surface area contributed by atoms with E-state index in [9.17, 15) is 19.5 Å². The minimum atomic E-state index is -0.667. The van der Waals surface area contributed by atoms with Gasteiger partial charge in [0, 0.05) is 39.7 Å². The van der Waals surface area contributed by atoms with Crippen molar-refractivity contribution >= 4 is 67.8 Å². The number of hydrogen-bond acceptors (Lipinski definition) is 6. The summed E-state index contributed by atoms with van der Waals surface area (Å²) in [6, 6.07) is 27.9. The lowest BCUT2D eigenvalue weighted by Gasteiger charge is -2.13. The van der Waals surface area contributed by atoms with Crippen molar-refractivity contribution in [1.29, 1.82) is 0 Å². The van der Waals surface area contributed by atoms with Gasteiger partial charge in [0.15, 0.2) is 0 Å². The van der Waals surface area contributed by atoms with Crippen molar-refractivity contribution in [2.24, 2.45) is 35.5 Å². The molecular formula is C44H47N3O5S. The van der Waals surface area contributed by atoms with Crippen LogP contribution < -0.4 is 21.6 Å². The van der Waals surface area contributed by atoms with Crippen molar-refractivity contribution in [2.45, 2.75) is 65.2 Å². The minimum Gasteiger partial charge on any atom is -0.506 e. The van der Waals surface area contributed by atoms with Crippen molar-refractivity contribution in [3.05, 3.63) is 107 Å². The zero-order valence-corrected chi connectivity index (χ0v) is 31.1. The van der Waals surface area contributed by atoms with E-state index < -0.39 is 5.63 Å². The lowest BCUT2D eigenvalue weighted by atomic mass is 10.0. The SMILES string of the molecule is CC.O=C(Nc1cccc2c(NC(=O)C3C4CCCCC43)cccc12)C1C2CCCCC21.O=c1oc2ccccc2c(O)c1C(=S)Nc1ccccc1. The average molecular weight is 730 g/mol. The van der Waals surface area contributed by atoms with Gasteiger partial charge in [0.1, 0.15) is 21.9 Å². The maximum Gasteiger partial charge on any atom is 0.350 e. The zero-order chi connectivity index (χ0) is 37.1. The fraction of sp³-hybridized carbons (Fsp3) is 0.364. The molecule has 0 bridgehead atoms. The topological polar surface area (TPSA) is 121 Å². The molecule has 8 nitrogen and oxygen atoms in total. The van der Waals surface area contributed by atoms with Gasteiger partial charge in [-0.1, -0.05) is 106 Å². The molecule has 4 unspecified atom stereocenters. The lowest BCUT2D eigenvalue weighted by Crippen LogP contribution is -2.20. The van der Waals surface area contributed by atoms with Gasteiger partial charge in [-0.05, 0) is 85.8 Å². The molecule has 4 aliphatic rings. The van der Waals surface area contributed by atoms with E-state index in [1.807, 2.05) is 80.6 Å². The van der Waals surface area contributed by atoms with E-state index in [2.05, 4.69) is 16.0 Å². The average Bonchev–Trinajstić information content (AvgIpc) is 4.10. The molecule has 4 aromatic carbocycles. The van der Waals surface area contributed by atoms with E-state index >= 15 is 0 Å². The number of fused-ring (bicyclic) bond motifs is 4. The van der Waals surface area contributed by atoms with Crippen LogP contribution in [-0.4, -0.2) is 21.9 Å². The van der Waals surface area contributed by atoms with E-state index in [0.717, 1.165) is 27.8 Å². The number of para-hydroxylation sites is 2. The fourth-order valence-electron chi connectivity index (χ4n) is 8.77. The van der Waals surface area contributed by atoms with Crippen LogP contribution in [0.5, 0.6) is 5.75 Å². The van der Waals surface area contributed by atoms with Gasteiger partial charge in [-0.25, -0.2) is 4.79 Å². The summed E-state index contributed by atoms with van der Waals surface area (Å²) in [6.45, 7) is 4.00. The smallest absolute Gasteiger partial charge is 0.350 e. The minimum absolute atomic E-state index is 0.0347. The molecular weight excluding hydrogens is 683 g/mol. The van der Waals surface area contributed by atoms with Gasteiger partial charge < -0.3 is 25.5 Å². The Morgan fingerprint density at radius 3 is 1.58 bits per heavy atom. The Bertz CT molecular complexity index is 2100. The van der Waals surface area contributed by atoms with E-state index in [4.69, 9.17) is 16.6 Å². The molecule has 0 radical (unpaired) electrons.